The van der Waals surface area contributed by atoms with Gasteiger partial charge in [0.2, 0.25) is 0 Å². The maximum absolute atomic E-state index is 8.90. The Balaban J connectivity index is 4.27. The lowest BCUT2D eigenvalue weighted by atomic mass is 10.4. The minimum atomic E-state index is -2.84. The van der Waals surface area contributed by atoms with Crippen molar-refractivity contribution in [3.8, 4) is 0 Å². The SMILES string of the molecule is C=C(C)COCCC[Si](OCC)(OCCO)OCCO. The average Bonchev–Trinajstić information content (AvgIpc) is 2.42. The molecule has 0 aliphatic heterocycles. The van der Waals surface area contributed by atoms with Crippen LogP contribution in [0.4, 0.5) is 0 Å². The molecule has 0 aromatic carbocycles. The van der Waals surface area contributed by atoms with E-state index in [0.29, 0.717) is 25.9 Å². The molecule has 0 amide bonds. The van der Waals surface area contributed by atoms with Crippen molar-refractivity contribution < 1.29 is 28.2 Å². The molecule has 0 bridgehead atoms. The molecule has 0 aliphatic carbocycles. The molecule has 0 saturated carbocycles. The fraction of sp³-hybridized carbons (Fsp3) is 0.846. The Morgan fingerprint density at radius 2 is 1.65 bits per heavy atom. The first-order chi connectivity index (χ1) is 9.60. The van der Waals surface area contributed by atoms with E-state index < -0.39 is 8.80 Å². The first-order valence-corrected chi connectivity index (χ1v) is 8.89. The van der Waals surface area contributed by atoms with Gasteiger partial charge in [0, 0.05) is 19.3 Å². The number of hydrogen-bond donors (Lipinski definition) is 2. The minimum absolute atomic E-state index is 0.0868. The van der Waals surface area contributed by atoms with Crippen molar-refractivity contribution in [2.45, 2.75) is 26.3 Å². The number of rotatable bonds is 14. The molecule has 6 nitrogen and oxygen atoms in total. The van der Waals surface area contributed by atoms with Crippen LogP contribution in [0.2, 0.25) is 6.04 Å². The predicted octanol–water partition coefficient (Wildman–Crippen LogP) is 0.962. The second kappa shape index (κ2) is 12.5. The van der Waals surface area contributed by atoms with E-state index in [0.717, 1.165) is 12.0 Å². The summed E-state index contributed by atoms with van der Waals surface area (Å²) in [6.07, 6.45) is 0.732. The number of aliphatic hydroxyl groups excluding tert-OH is 2. The highest BCUT2D eigenvalue weighted by atomic mass is 28.4. The molecule has 0 saturated heterocycles. The van der Waals surface area contributed by atoms with Crippen LogP contribution in [0.3, 0.4) is 0 Å². The topological polar surface area (TPSA) is 77.4 Å². The Bertz CT molecular complexity index is 241. The third-order valence-corrected chi connectivity index (χ3v) is 5.29. The molecule has 0 radical (unpaired) electrons. The van der Waals surface area contributed by atoms with E-state index >= 15 is 0 Å². The third-order valence-electron chi connectivity index (χ3n) is 2.31. The Kier molecular flexibility index (Phi) is 12.3. The van der Waals surface area contributed by atoms with Crippen LogP contribution in [0.1, 0.15) is 20.3 Å². The van der Waals surface area contributed by atoms with E-state index in [1.807, 2.05) is 13.8 Å². The van der Waals surface area contributed by atoms with Gasteiger partial charge in [-0.15, -0.1) is 0 Å². The van der Waals surface area contributed by atoms with Gasteiger partial charge in [-0.3, -0.25) is 0 Å². The summed E-state index contributed by atoms with van der Waals surface area (Å²) in [5.74, 6) is 0. The summed E-state index contributed by atoms with van der Waals surface area (Å²) in [7, 11) is -2.84. The highest BCUT2D eigenvalue weighted by Gasteiger charge is 2.40. The van der Waals surface area contributed by atoms with E-state index in [2.05, 4.69) is 6.58 Å². The summed E-state index contributed by atoms with van der Waals surface area (Å²) in [5, 5.41) is 17.8. The van der Waals surface area contributed by atoms with Gasteiger partial charge in [0.05, 0.1) is 33.0 Å². The molecular formula is C13H28O6Si. The fourth-order valence-corrected chi connectivity index (χ4v) is 4.11. The largest absolute Gasteiger partial charge is 0.501 e. The summed E-state index contributed by atoms with van der Waals surface area (Å²) in [4.78, 5) is 0. The summed E-state index contributed by atoms with van der Waals surface area (Å²) in [6, 6.07) is 0.594. The molecule has 0 aromatic heterocycles. The second-order valence-electron chi connectivity index (χ2n) is 4.37. The highest BCUT2D eigenvalue weighted by molar-refractivity contribution is 6.60. The Morgan fingerprint density at radius 1 is 1.05 bits per heavy atom. The molecular weight excluding hydrogens is 280 g/mol. The van der Waals surface area contributed by atoms with Crippen molar-refractivity contribution in [3.63, 3.8) is 0 Å². The Labute approximate surface area is 122 Å². The van der Waals surface area contributed by atoms with Gasteiger partial charge in [-0.25, -0.2) is 0 Å². The zero-order valence-corrected chi connectivity index (χ0v) is 13.6. The van der Waals surface area contributed by atoms with Gasteiger partial charge in [0.1, 0.15) is 0 Å². The van der Waals surface area contributed by atoms with Crippen LogP contribution < -0.4 is 0 Å². The van der Waals surface area contributed by atoms with Crippen molar-refractivity contribution in [1.82, 2.24) is 0 Å². The summed E-state index contributed by atoms with van der Waals surface area (Å²) in [5.41, 5.74) is 0.978. The van der Waals surface area contributed by atoms with Crippen LogP contribution >= 0.6 is 0 Å². The molecule has 0 aromatic rings. The van der Waals surface area contributed by atoms with E-state index in [-0.39, 0.29) is 26.4 Å². The van der Waals surface area contributed by atoms with Crippen molar-refractivity contribution in [2.75, 3.05) is 46.2 Å². The van der Waals surface area contributed by atoms with E-state index in [4.69, 9.17) is 28.2 Å². The average molecular weight is 308 g/mol. The lowest BCUT2D eigenvalue weighted by Gasteiger charge is -2.28. The van der Waals surface area contributed by atoms with Crippen molar-refractivity contribution in [3.05, 3.63) is 12.2 Å². The number of aliphatic hydroxyl groups is 2. The molecule has 20 heavy (non-hydrogen) atoms. The van der Waals surface area contributed by atoms with Crippen molar-refractivity contribution >= 4 is 8.80 Å². The van der Waals surface area contributed by atoms with Crippen LogP contribution in [0.5, 0.6) is 0 Å². The highest BCUT2D eigenvalue weighted by Crippen LogP contribution is 2.18. The fourth-order valence-electron chi connectivity index (χ4n) is 1.60. The number of hydrogen-bond acceptors (Lipinski definition) is 6. The first kappa shape index (κ1) is 19.7. The summed E-state index contributed by atoms with van der Waals surface area (Å²) < 4.78 is 22.3. The standard InChI is InChI=1S/C13H28O6Si/c1-4-17-20(18-9-6-14,19-10-7-15)11-5-8-16-12-13(2)3/h14-15H,2,4-12H2,1,3H3. The van der Waals surface area contributed by atoms with Gasteiger partial charge < -0.3 is 28.2 Å². The maximum Gasteiger partial charge on any atom is 0.501 e. The van der Waals surface area contributed by atoms with Crippen LogP contribution in [0.25, 0.3) is 0 Å². The lowest BCUT2D eigenvalue weighted by Crippen LogP contribution is -2.47. The molecule has 0 heterocycles. The molecule has 7 heteroatoms. The summed E-state index contributed by atoms with van der Waals surface area (Å²) >= 11 is 0. The molecule has 0 fully saturated rings. The molecule has 120 valence electrons. The normalized spacial score (nSPS) is 11.8. The molecule has 0 atom stereocenters. The van der Waals surface area contributed by atoms with E-state index in [1.165, 1.54) is 0 Å². The monoisotopic (exact) mass is 308 g/mol. The molecule has 0 unspecified atom stereocenters. The minimum Gasteiger partial charge on any atom is -0.394 e. The zero-order valence-electron chi connectivity index (χ0n) is 12.6. The third kappa shape index (κ3) is 9.59. The maximum atomic E-state index is 8.90. The van der Waals surface area contributed by atoms with Gasteiger partial charge in [-0.2, -0.15) is 0 Å². The zero-order chi connectivity index (χ0) is 15.3. The number of ether oxygens (including phenoxy) is 1. The molecule has 2 N–H and O–H groups in total. The van der Waals surface area contributed by atoms with Crippen LogP contribution in [-0.4, -0.2) is 65.3 Å². The summed E-state index contributed by atoms with van der Waals surface area (Å²) in [6.45, 7) is 9.29. The first-order valence-electron chi connectivity index (χ1n) is 6.96. The van der Waals surface area contributed by atoms with Crippen LogP contribution in [0, 0.1) is 0 Å². The second-order valence-corrected chi connectivity index (χ2v) is 7.11. The van der Waals surface area contributed by atoms with Crippen molar-refractivity contribution in [1.29, 1.82) is 0 Å². The Morgan fingerprint density at radius 3 is 2.10 bits per heavy atom. The van der Waals surface area contributed by atoms with Crippen molar-refractivity contribution in [2.24, 2.45) is 0 Å². The quantitative estimate of drug-likeness (QED) is 0.283. The van der Waals surface area contributed by atoms with Gasteiger partial charge in [-0.05, 0) is 20.3 Å². The molecule has 0 aliphatic rings. The van der Waals surface area contributed by atoms with Crippen LogP contribution in [-0.2, 0) is 18.0 Å². The van der Waals surface area contributed by atoms with E-state index in [1.54, 1.807) is 0 Å². The predicted molar refractivity (Wildman–Crippen MR) is 78.5 cm³/mol. The molecule has 0 spiro atoms. The van der Waals surface area contributed by atoms with Gasteiger partial charge in [0.25, 0.3) is 0 Å². The molecule has 0 rings (SSSR count). The Hall–Kier alpha value is -0.283. The van der Waals surface area contributed by atoms with Crippen LogP contribution in [0.15, 0.2) is 12.2 Å². The smallest absolute Gasteiger partial charge is 0.394 e. The lowest BCUT2D eigenvalue weighted by molar-refractivity contribution is 0.0370. The van der Waals surface area contributed by atoms with Gasteiger partial charge >= 0.3 is 8.80 Å². The van der Waals surface area contributed by atoms with E-state index in [9.17, 15) is 0 Å². The van der Waals surface area contributed by atoms with Gasteiger partial charge in [0.15, 0.2) is 0 Å². The van der Waals surface area contributed by atoms with Gasteiger partial charge in [-0.1, -0.05) is 12.2 Å².